The van der Waals surface area contributed by atoms with Gasteiger partial charge >= 0.3 is 0 Å². The highest BCUT2D eigenvalue weighted by atomic mass is 16.6. The van der Waals surface area contributed by atoms with E-state index in [9.17, 15) is 14.9 Å². The molecule has 0 bridgehead atoms. The first kappa shape index (κ1) is 11.7. The summed E-state index contributed by atoms with van der Waals surface area (Å²) in [4.78, 5) is 21.7. The molecule has 0 atom stereocenters. The lowest BCUT2D eigenvalue weighted by Crippen LogP contribution is -2.08. The van der Waals surface area contributed by atoms with Gasteiger partial charge in [0.2, 0.25) is 0 Å². The van der Waals surface area contributed by atoms with Gasteiger partial charge in [-0.2, -0.15) is 17.8 Å². The second-order valence-corrected chi connectivity index (χ2v) is 3.46. The summed E-state index contributed by atoms with van der Waals surface area (Å²) in [6.45, 7) is 0. The largest absolute Gasteiger partial charge is 0.427 e. The number of nitrogens with one attached hydrogen (secondary N) is 1. The number of anilines is 1. The molecule has 0 aliphatic rings. The quantitative estimate of drug-likeness (QED) is 0.508. The van der Waals surface area contributed by atoms with Crippen LogP contribution in [0.15, 0.2) is 48.5 Å². The summed E-state index contributed by atoms with van der Waals surface area (Å²) in [5, 5.41) is 16.9. The van der Waals surface area contributed by atoms with Crippen molar-refractivity contribution in [3.8, 4) is 0 Å². The Labute approximate surface area is 103 Å². The fourth-order valence-corrected chi connectivity index (χ4v) is 1.44. The van der Waals surface area contributed by atoms with E-state index < -0.39 is 11.0 Å². The molecule has 1 N–H and O–H groups in total. The van der Waals surface area contributed by atoms with E-state index >= 15 is 0 Å². The molecule has 2 amide bonds. The number of nitrogens with zero attached hydrogens (tertiary/aromatic N) is 2. The molecule has 2 rings (SSSR count). The van der Waals surface area contributed by atoms with Gasteiger partial charge < -0.3 is 10.6 Å². The lowest BCUT2D eigenvalue weighted by Gasteiger charge is -2.17. The first-order chi connectivity index (χ1) is 8.66. The summed E-state index contributed by atoms with van der Waals surface area (Å²) < 4.78 is 0. The number of carbonyl (C=O) groups excluding carboxylic acids is 1. The first-order valence-electron chi connectivity index (χ1n) is 5.14. The zero-order valence-electron chi connectivity index (χ0n) is 9.24. The van der Waals surface area contributed by atoms with Gasteiger partial charge in [-0.15, -0.1) is 0 Å². The number of carbonyl (C=O) groups is 1. The summed E-state index contributed by atoms with van der Waals surface area (Å²) in [7, 11) is 0. The van der Waals surface area contributed by atoms with Gasteiger partial charge in [-0.3, -0.25) is 14.9 Å². The van der Waals surface area contributed by atoms with Gasteiger partial charge in [-0.05, 0) is 0 Å². The van der Waals surface area contributed by atoms with Gasteiger partial charge in [-0.1, -0.05) is 18.2 Å². The van der Waals surface area contributed by atoms with Crippen LogP contribution < -0.4 is 5.32 Å². The Morgan fingerprint density at radius 1 is 1.28 bits per heavy atom. The van der Waals surface area contributed by atoms with E-state index in [4.69, 9.17) is 0 Å². The molecular weight excluding hydrogens is 234 g/mol. The fourth-order valence-electron chi connectivity index (χ4n) is 1.44. The average molecular weight is 243 g/mol. The Hall–Kier alpha value is -2.76. The van der Waals surface area contributed by atoms with Gasteiger partial charge in [0, 0.05) is 11.8 Å². The molecule has 0 aliphatic heterocycles. The minimum atomic E-state index is -0.643. The van der Waals surface area contributed by atoms with Gasteiger partial charge in [0.05, 0.1) is 4.92 Å². The van der Waals surface area contributed by atoms with E-state index in [1.807, 2.05) is 0 Å². The molecule has 18 heavy (non-hydrogen) atoms. The van der Waals surface area contributed by atoms with Crippen molar-refractivity contribution in [2.45, 2.75) is 0 Å². The predicted octanol–water partition coefficient (Wildman–Crippen LogP) is 3.55. The predicted molar refractivity (Wildman–Crippen MR) is 67.2 cm³/mol. The highest BCUT2D eigenvalue weighted by Gasteiger charge is 2.09. The zero-order valence-corrected chi connectivity index (χ0v) is 9.24. The van der Waals surface area contributed by atoms with E-state index in [0.717, 1.165) is 0 Å². The molecule has 0 heterocycles. The third-order valence-corrected chi connectivity index (χ3v) is 2.22. The molecule has 0 saturated heterocycles. The van der Waals surface area contributed by atoms with Crippen molar-refractivity contribution < 1.29 is 9.72 Å². The van der Waals surface area contributed by atoms with Gasteiger partial charge in [0.25, 0.3) is 5.69 Å². The molecule has 0 aromatic heterocycles. The van der Waals surface area contributed by atoms with Gasteiger partial charge in [0.15, 0.2) is 6.03 Å². The topological polar surface area (TPSA) is 86.3 Å². The smallest absolute Gasteiger partial charge is 0.272 e. The number of rotatable bonds is 3. The Morgan fingerprint density at radius 3 is 2.72 bits per heavy atom. The molecule has 0 aliphatic carbocycles. The van der Waals surface area contributed by atoms with E-state index in [2.05, 4.69) is 10.6 Å². The van der Waals surface area contributed by atoms with Crippen LogP contribution >= 0.6 is 0 Å². The Bertz CT molecular complexity index is 564. The SMILES string of the molecule is O=C([N-]c1ccc[cH-]1)Nc1ccccc1[N+](=O)[O-]. The molecule has 0 radical (unpaired) electrons. The van der Waals surface area contributed by atoms with Crippen LogP contribution in [0, 0.1) is 10.1 Å². The number of benzene rings is 1. The molecule has 2 aromatic rings. The van der Waals surface area contributed by atoms with Crippen molar-refractivity contribution in [1.29, 1.82) is 0 Å². The molecular formula is C12H9N3O3-2. The van der Waals surface area contributed by atoms with Crippen LogP contribution in [0.4, 0.5) is 21.9 Å². The van der Waals surface area contributed by atoms with E-state index in [1.165, 1.54) is 18.2 Å². The van der Waals surface area contributed by atoms with Crippen LogP contribution in [0.3, 0.4) is 0 Å². The second kappa shape index (κ2) is 5.05. The number of urea groups is 1. The molecule has 2 aromatic carbocycles. The summed E-state index contributed by atoms with van der Waals surface area (Å²) >= 11 is 0. The molecule has 6 heteroatoms. The number of hydrogen-bond acceptors (Lipinski definition) is 3. The Balaban J connectivity index is 2.09. The van der Waals surface area contributed by atoms with Crippen LogP contribution in [0.25, 0.3) is 5.32 Å². The van der Waals surface area contributed by atoms with Gasteiger partial charge in [0.1, 0.15) is 0 Å². The number of amides is 2. The summed E-state index contributed by atoms with van der Waals surface area (Å²) in [5.74, 6) is 0. The zero-order chi connectivity index (χ0) is 13.0. The van der Waals surface area contributed by atoms with Crippen molar-refractivity contribution in [2.75, 3.05) is 5.32 Å². The van der Waals surface area contributed by atoms with E-state index in [1.54, 1.807) is 30.3 Å². The van der Waals surface area contributed by atoms with Crippen molar-refractivity contribution in [3.63, 3.8) is 0 Å². The third-order valence-electron chi connectivity index (χ3n) is 2.22. The maximum atomic E-state index is 11.6. The standard InChI is InChI=1S/C12H10N3O3/c16-12(13-9-5-1-2-6-9)14-10-7-3-4-8-11(10)15(17)18/h1-8H,(H2,13,14,16)/q-1/p-1. The van der Waals surface area contributed by atoms with Crippen LogP contribution in [0.2, 0.25) is 0 Å². The lowest BCUT2D eigenvalue weighted by atomic mass is 10.3. The van der Waals surface area contributed by atoms with Crippen LogP contribution in [-0.2, 0) is 0 Å². The average Bonchev–Trinajstić information content (AvgIpc) is 2.82. The van der Waals surface area contributed by atoms with Crippen LogP contribution in [-0.4, -0.2) is 11.0 Å². The summed E-state index contributed by atoms with van der Waals surface area (Å²) in [6.07, 6.45) is 0. The van der Waals surface area contributed by atoms with Gasteiger partial charge in [-0.25, -0.2) is 12.1 Å². The normalized spacial score (nSPS) is 9.78. The van der Waals surface area contributed by atoms with Crippen LogP contribution in [0.1, 0.15) is 0 Å². The second-order valence-electron chi connectivity index (χ2n) is 3.46. The van der Waals surface area contributed by atoms with Crippen molar-refractivity contribution in [3.05, 3.63) is 64.0 Å². The summed E-state index contributed by atoms with van der Waals surface area (Å²) in [5.41, 5.74) is 0.470. The number of hydrogen-bond donors (Lipinski definition) is 1. The monoisotopic (exact) mass is 243 g/mol. The maximum Gasteiger partial charge on any atom is 0.272 e. The molecule has 92 valence electrons. The number of nitro groups is 1. The third kappa shape index (κ3) is 2.67. The molecule has 0 saturated carbocycles. The summed E-state index contributed by atoms with van der Waals surface area (Å²) in [6, 6.07) is 12.1. The highest BCUT2D eigenvalue weighted by Crippen LogP contribution is 2.25. The minimum Gasteiger partial charge on any atom is -0.427 e. The van der Waals surface area contributed by atoms with Crippen molar-refractivity contribution in [1.82, 2.24) is 0 Å². The van der Waals surface area contributed by atoms with Crippen molar-refractivity contribution >= 4 is 23.1 Å². The highest BCUT2D eigenvalue weighted by molar-refractivity contribution is 6.05. The first-order valence-corrected chi connectivity index (χ1v) is 5.14. The van der Waals surface area contributed by atoms with Crippen molar-refractivity contribution in [2.24, 2.45) is 0 Å². The Morgan fingerprint density at radius 2 is 2.06 bits per heavy atom. The fraction of sp³-hybridized carbons (Fsp3) is 0. The number of nitro benzene ring substituents is 1. The van der Waals surface area contributed by atoms with E-state index in [-0.39, 0.29) is 11.4 Å². The molecule has 6 nitrogen and oxygen atoms in total. The maximum absolute atomic E-state index is 11.6. The number of para-hydroxylation sites is 2. The lowest BCUT2D eigenvalue weighted by molar-refractivity contribution is -0.383. The molecule has 0 unspecified atom stereocenters. The Kier molecular flexibility index (Phi) is 3.29. The molecule has 0 spiro atoms. The minimum absolute atomic E-state index is 0.128. The van der Waals surface area contributed by atoms with E-state index in [0.29, 0.717) is 5.69 Å². The molecule has 0 fully saturated rings. The van der Waals surface area contributed by atoms with Crippen LogP contribution in [0.5, 0.6) is 0 Å².